The molecule has 1 aliphatic rings. The Morgan fingerprint density at radius 1 is 1.26 bits per heavy atom. The van der Waals surface area contributed by atoms with E-state index in [4.69, 9.17) is 9.47 Å². The van der Waals surface area contributed by atoms with Gasteiger partial charge in [0, 0.05) is 32.8 Å². The summed E-state index contributed by atoms with van der Waals surface area (Å²) >= 11 is 0. The molecule has 1 fully saturated rings. The lowest BCUT2D eigenvalue weighted by molar-refractivity contribution is -0.124. The summed E-state index contributed by atoms with van der Waals surface area (Å²) in [7, 11) is 1.72. The van der Waals surface area contributed by atoms with Gasteiger partial charge in [-0.25, -0.2) is 0 Å². The van der Waals surface area contributed by atoms with Crippen molar-refractivity contribution in [3.05, 3.63) is 29.8 Å². The predicted octanol–water partition coefficient (Wildman–Crippen LogP) is 1.85. The van der Waals surface area contributed by atoms with Gasteiger partial charge in [-0.2, -0.15) is 0 Å². The first-order chi connectivity index (χ1) is 11.2. The minimum Gasteiger partial charge on any atom is -0.484 e. The normalized spacial score (nSPS) is 16.3. The molecule has 1 heterocycles. The van der Waals surface area contributed by atoms with Gasteiger partial charge < -0.3 is 19.7 Å². The highest BCUT2D eigenvalue weighted by Gasteiger charge is 2.20. The van der Waals surface area contributed by atoms with Crippen LogP contribution in [0.2, 0.25) is 0 Å². The predicted molar refractivity (Wildman–Crippen MR) is 90.8 cm³/mol. The number of rotatable bonds is 8. The number of aryl methyl sites for hydroxylation is 1. The molecule has 128 valence electrons. The van der Waals surface area contributed by atoms with E-state index in [1.807, 2.05) is 24.3 Å². The summed E-state index contributed by atoms with van der Waals surface area (Å²) in [5.41, 5.74) is 1.27. The molecule has 23 heavy (non-hydrogen) atoms. The van der Waals surface area contributed by atoms with E-state index in [1.54, 1.807) is 7.11 Å². The average Bonchev–Trinajstić information content (AvgIpc) is 2.60. The molecule has 0 radical (unpaired) electrons. The zero-order valence-electron chi connectivity index (χ0n) is 14.2. The zero-order valence-corrected chi connectivity index (χ0v) is 14.2. The molecule has 0 aromatic heterocycles. The Morgan fingerprint density at radius 3 is 2.57 bits per heavy atom. The van der Waals surface area contributed by atoms with Crippen LogP contribution in [-0.4, -0.2) is 56.8 Å². The topological polar surface area (TPSA) is 50.8 Å². The number of hydrogen-bond donors (Lipinski definition) is 1. The summed E-state index contributed by atoms with van der Waals surface area (Å²) < 4.78 is 10.6. The third kappa shape index (κ3) is 6.20. The van der Waals surface area contributed by atoms with Crippen LogP contribution >= 0.6 is 0 Å². The lowest BCUT2D eigenvalue weighted by Gasteiger charge is -2.32. The van der Waals surface area contributed by atoms with Gasteiger partial charge in [0.05, 0.1) is 6.61 Å². The van der Waals surface area contributed by atoms with Crippen LogP contribution in [0.3, 0.4) is 0 Å². The number of amides is 1. The minimum atomic E-state index is -0.0418. The second-order valence-electron chi connectivity index (χ2n) is 5.96. The Labute approximate surface area is 139 Å². The molecule has 0 spiro atoms. The lowest BCUT2D eigenvalue weighted by Crippen LogP contribution is -2.46. The van der Waals surface area contributed by atoms with Gasteiger partial charge in [0.2, 0.25) is 0 Å². The van der Waals surface area contributed by atoms with E-state index < -0.39 is 0 Å². The van der Waals surface area contributed by atoms with Crippen molar-refractivity contribution < 1.29 is 14.3 Å². The van der Waals surface area contributed by atoms with Crippen LogP contribution < -0.4 is 10.1 Å². The molecule has 1 aliphatic heterocycles. The second kappa shape index (κ2) is 9.53. The molecule has 5 nitrogen and oxygen atoms in total. The molecule has 1 amide bonds. The van der Waals surface area contributed by atoms with Gasteiger partial charge in [0.25, 0.3) is 5.91 Å². The quantitative estimate of drug-likeness (QED) is 0.794. The molecule has 1 aromatic carbocycles. The number of benzene rings is 1. The molecule has 0 aliphatic carbocycles. The molecule has 1 saturated heterocycles. The number of carbonyl (C=O) groups is 1. The zero-order chi connectivity index (χ0) is 16.5. The Hall–Kier alpha value is -1.59. The number of nitrogens with one attached hydrogen (secondary N) is 1. The monoisotopic (exact) mass is 320 g/mol. The van der Waals surface area contributed by atoms with Crippen LogP contribution in [0, 0.1) is 0 Å². The number of methoxy groups -OCH3 is 1. The SMILES string of the molecule is CCc1ccc(OCC(=O)NC2CCN(CCOC)CC2)cc1. The van der Waals surface area contributed by atoms with E-state index in [1.165, 1.54) is 5.56 Å². The van der Waals surface area contributed by atoms with Crippen molar-refractivity contribution in [2.75, 3.05) is 40.0 Å². The summed E-state index contributed by atoms with van der Waals surface area (Å²) in [6.45, 7) is 5.94. The minimum absolute atomic E-state index is 0.0418. The van der Waals surface area contributed by atoms with Crippen LogP contribution in [0.25, 0.3) is 0 Å². The summed E-state index contributed by atoms with van der Waals surface area (Å²) in [5.74, 6) is 0.701. The van der Waals surface area contributed by atoms with Gasteiger partial charge in [-0.15, -0.1) is 0 Å². The van der Waals surface area contributed by atoms with Crippen LogP contribution in [0.1, 0.15) is 25.3 Å². The molecule has 1 N–H and O–H groups in total. The Morgan fingerprint density at radius 2 is 1.96 bits per heavy atom. The summed E-state index contributed by atoms with van der Waals surface area (Å²) in [4.78, 5) is 14.4. The van der Waals surface area contributed by atoms with Crippen molar-refractivity contribution >= 4 is 5.91 Å². The fourth-order valence-corrected chi connectivity index (χ4v) is 2.76. The van der Waals surface area contributed by atoms with Crippen LogP contribution in [-0.2, 0) is 16.0 Å². The van der Waals surface area contributed by atoms with Crippen molar-refractivity contribution in [3.63, 3.8) is 0 Å². The maximum atomic E-state index is 12.0. The molecular weight excluding hydrogens is 292 g/mol. The molecule has 0 saturated carbocycles. The highest BCUT2D eigenvalue weighted by Crippen LogP contribution is 2.13. The largest absolute Gasteiger partial charge is 0.484 e. The third-order valence-electron chi connectivity index (χ3n) is 4.27. The standard InChI is InChI=1S/C18H28N2O3/c1-3-15-4-6-17(7-5-15)23-14-18(21)19-16-8-10-20(11-9-16)12-13-22-2/h4-7,16H,3,8-14H2,1-2H3,(H,19,21). The van der Waals surface area contributed by atoms with Crippen molar-refractivity contribution in [3.8, 4) is 5.75 Å². The number of likely N-dealkylation sites (tertiary alicyclic amines) is 1. The highest BCUT2D eigenvalue weighted by atomic mass is 16.5. The van der Waals surface area contributed by atoms with E-state index >= 15 is 0 Å². The van der Waals surface area contributed by atoms with Crippen LogP contribution in [0.5, 0.6) is 5.75 Å². The second-order valence-corrected chi connectivity index (χ2v) is 5.96. The van der Waals surface area contributed by atoms with Gasteiger partial charge in [-0.1, -0.05) is 19.1 Å². The van der Waals surface area contributed by atoms with Crippen molar-refractivity contribution in [1.82, 2.24) is 10.2 Å². The smallest absolute Gasteiger partial charge is 0.258 e. The molecule has 2 rings (SSSR count). The lowest BCUT2D eigenvalue weighted by atomic mass is 10.1. The van der Waals surface area contributed by atoms with Gasteiger partial charge in [-0.05, 0) is 37.0 Å². The number of piperidine rings is 1. The van der Waals surface area contributed by atoms with E-state index in [0.717, 1.165) is 51.3 Å². The number of nitrogens with zero attached hydrogens (tertiary/aromatic N) is 1. The number of carbonyl (C=O) groups excluding carboxylic acids is 1. The first-order valence-electron chi connectivity index (χ1n) is 8.43. The van der Waals surface area contributed by atoms with Crippen molar-refractivity contribution in [2.24, 2.45) is 0 Å². The van der Waals surface area contributed by atoms with Crippen molar-refractivity contribution in [1.29, 1.82) is 0 Å². The Bertz CT molecular complexity index is 468. The Kier molecular flexibility index (Phi) is 7.36. The number of hydrogen-bond acceptors (Lipinski definition) is 4. The Balaban J connectivity index is 1.65. The maximum Gasteiger partial charge on any atom is 0.258 e. The van der Waals surface area contributed by atoms with E-state index in [9.17, 15) is 4.79 Å². The summed E-state index contributed by atoms with van der Waals surface area (Å²) in [5, 5.41) is 3.07. The van der Waals surface area contributed by atoms with E-state index in [2.05, 4.69) is 17.1 Å². The molecule has 0 bridgehead atoms. The van der Waals surface area contributed by atoms with Crippen LogP contribution in [0.15, 0.2) is 24.3 Å². The maximum absolute atomic E-state index is 12.0. The van der Waals surface area contributed by atoms with Gasteiger partial charge >= 0.3 is 0 Å². The van der Waals surface area contributed by atoms with Crippen LogP contribution in [0.4, 0.5) is 0 Å². The summed E-state index contributed by atoms with van der Waals surface area (Å²) in [6.07, 6.45) is 2.98. The molecule has 0 atom stereocenters. The molecular formula is C18H28N2O3. The van der Waals surface area contributed by atoms with Gasteiger partial charge in [0.15, 0.2) is 6.61 Å². The first kappa shape index (κ1) is 17.8. The average molecular weight is 320 g/mol. The highest BCUT2D eigenvalue weighted by molar-refractivity contribution is 5.77. The van der Waals surface area contributed by atoms with Gasteiger partial charge in [0.1, 0.15) is 5.75 Å². The molecule has 1 aromatic rings. The third-order valence-corrected chi connectivity index (χ3v) is 4.27. The van der Waals surface area contributed by atoms with Crippen molar-refractivity contribution in [2.45, 2.75) is 32.2 Å². The van der Waals surface area contributed by atoms with Gasteiger partial charge in [-0.3, -0.25) is 4.79 Å². The fraction of sp³-hybridized carbons (Fsp3) is 0.611. The molecule has 5 heteroatoms. The van der Waals surface area contributed by atoms with E-state index in [-0.39, 0.29) is 18.6 Å². The first-order valence-corrected chi connectivity index (χ1v) is 8.43. The van der Waals surface area contributed by atoms with E-state index in [0.29, 0.717) is 0 Å². The number of ether oxygens (including phenoxy) is 2. The molecule has 0 unspecified atom stereocenters. The summed E-state index contributed by atoms with van der Waals surface area (Å²) in [6, 6.07) is 8.15. The fourth-order valence-electron chi connectivity index (χ4n) is 2.76.